The molecule has 1 aromatic carbocycles. The van der Waals surface area contributed by atoms with Crippen LogP contribution in [-0.4, -0.2) is 74.7 Å². The largest absolute Gasteiger partial charge is 0.491 e. The van der Waals surface area contributed by atoms with Crippen molar-refractivity contribution in [1.29, 1.82) is 0 Å². The summed E-state index contributed by atoms with van der Waals surface area (Å²) in [5, 5.41) is 21.8. The van der Waals surface area contributed by atoms with Crippen molar-refractivity contribution in [3.05, 3.63) is 24.3 Å². The number of quaternary nitrogens is 2. The molecule has 7 nitrogen and oxygen atoms in total. The number of piperazine rings is 1. The number of ether oxygens (including phenoxy) is 1. The number of amides is 1. The fourth-order valence-corrected chi connectivity index (χ4v) is 2.99. The van der Waals surface area contributed by atoms with Gasteiger partial charge in [-0.05, 0) is 24.3 Å². The number of aliphatic hydroxyl groups excluding tert-OH is 2. The third-order valence-electron chi connectivity index (χ3n) is 4.27. The SMILES string of the molecule is CC(=O)Nc1ccc(OC[C@H](O)C[NH+]2CC[NH+](CCO)CC2)cc1. The maximum Gasteiger partial charge on any atom is 0.221 e. The number of aliphatic hydroxyl groups is 2. The summed E-state index contributed by atoms with van der Waals surface area (Å²) >= 11 is 0. The zero-order valence-corrected chi connectivity index (χ0v) is 14.3. The summed E-state index contributed by atoms with van der Waals surface area (Å²) < 4.78 is 5.61. The monoisotopic (exact) mass is 339 g/mol. The van der Waals surface area contributed by atoms with Gasteiger partial charge in [0.05, 0.1) is 6.61 Å². The van der Waals surface area contributed by atoms with Crippen molar-refractivity contribution in [2.45, 2.75) is 13.0 Å². The van der Waals surface area contributed by atoms with Crippen LogP contribution in [0.15, 0.2) is 24.3 Å². The second-order valence-electron chi connectivity index (χ2n) is 6.35. The summed E-state index contributed by atoms with van der Waals surface area (Å²) in [7, 11) is 0. The molecule has 0 radical (unpaired) electrons. The molecule has 1 aromatic rings. The highest BCUT2D eigenvalue weighted by atomic mass is 16.5. The number of benzene rings is 1. The average molecular weight is 339 g/mol. The molecule has 0 bridgehead atoms. The standard InChI is InChI=1S/C17H27N3O4/c1-14(22)18-15-2-4-17(5-3-15)24-13-16(23)12-20-8-6-19(7-9-20)10-11-21/h2-5,16,21,23H,6-13H2,1H3,(H,18,22)/p+2/t16-/m1/s1. The molecule has 1 aliphatic heterocycles. The summed E-state index contributed by atoms with van der Waals surface area (Å²) in [5.41, 5.74) is 0.725. The molecule has 0 unspecified atom stereocenters. The van der Waals surface area contributed by atoms with Gasteiger partial charge in [0.15, 0.2) is 0 Å². The quantitative estimate of drug-likeness (QED) is 0.353. The van der Waals surface area contributed by atoms with Crippen molar-refractivity contribution < 1.29 is 29.5 Å². The van der Waals surface area contributed by atoms with Gasteiger partial charge in [-0.25, -0.2) is 0 Å². The topological polar surface area (TPSA) is 87.7 Å². The lowest BCUT2D eigenvalue weighted by Crippen LogP contribution is -3.28. The van der Waals surface area contributed by atoms with Crippen molar-refractivity contribution in [2.75, 3.05) is 57.8 Å². The zero-order valence-electron chi connectivity index (χ0n) is 14.3. The summed E-state index contributed by atoms with van der Waals surface area (Å²) in [6, 6.07) is 7.11. The van der Waals surface area contributed by atoms with Crippen LogP contribution in [-0.2, 0) is 4.79 Å². The van der Waals surface area contributed by atoms with E-state index in [0.29, 0.717) is 12.3 Å². The summed E-state index contributed by atoms with van der Waals surface area (Å²) in [6.45, 7) is 7.55. The van der Waals surface area contributed by atoms with Crippen LogP contribution in [0.4, 0.5) is 5.69 Å². The van der Waals surface area contributed by atoms with E-state index in [9.17, 15) is 9.90 Å². The van der Waals surface area contributed by atoms with Crippen LogP contribution in [0.1, 0.15) is 6.92 Å². The second-order valence-corrected chi connectivity index (χ2v) is 6.35. The van der Waals surface area contributed by atoms with Crippen LogP contribution >= 0.6 is 0 Å². The lowest BCUT2D eigenvalue weighted by molar-refractivity contribution is -1.01. The molecular weight excluding hydrogens is 310 g/mol. The van der Waals surface area contributed by atoms with Gasteiger partial charge in [-0.1, -0.05) is 0 Å². The van der Waals surface area contributed by atoms with E-state index < -0.39 is 6.10 Å². The highest BCUT2D eigenvalue weighted by Gasteiger charge is 2.24. The Morgan fingerprint density at radius 1 is 1.21 bits per heavy atom. The molecule has 134 valence electrons. The van der Waals surface area contributed by atoms with Crippen molar-refractivity contribution in [3.8, 4) is 5.75 Å². The van der Waals surface area contributed by atoms with Crippen LogP contribution in [0.3, 0.4) is 0 Å². The normalized spacial score (nSPS) is 22.0. The highest BCUT2D eigenvalue weighted by Crippen LogP contribution is 2.15. The molecule has 24 heavy (non-hydrogen) atoms. The molecule has 0 spiro atoms. The molecule has 1 fully saturated rings. The molecule has 1 atom stereocenters. The molecule has 1 amide bonds. The molecule has 0 aromatic heterocycles. The maximum atomic E-state index is 11.0. The number of nitrogens with one attached hydrogen (secondary N) is 3. The van der Waals surface area contributed by atoms with Gasteiger partial charge in [-0.15, -0.1) is 0 Å². The molecule has 7 heteroatoms. The van der Waals surface area contributed by atoms with E-state index in [1.165, 1.54) is 16.7 Å². The Morgan fingerprint density at radius 2 is 1.83 bits per heavy atom. The first kappa shape index (κ1) is 18.7. The summed E-state index contributed by atoms with van der Waals surface area (Å²) in [5.74, 6) is 0.568. The van der Waals surface area contributed by atoms with E-state index in [1.54, 1.807) is 24.3 Å². The first-order valence-corrected chi connectivity index (χ1v) is 8.53. The van der Waals surface area contributed by atoms with E-state index in [0.717, 1.165) is 38.4 Å². The Hall–Kier alpha value is -1.67. The lowest BCUT2D eigenvalue weighted by Gasteiger charge is -2.30. The van der Waals surface area contributed by atoms with Crippen LogP contribution < -0.4 is 19.9 Å². The highest BCUT2D eigenvalue weighted by molar-refractivity contribution is 5.88. The number of rotatable bonds is 8. The Kier molecular flexibility index (Phi) is 7.45. The minimum atomic E-state index is -0.505. The van der Waals surface area contributed by atoms with Gasteiger partial charge in [0.1, 0.15) is 57.7 Å². The molecule has 5 N–H and O–H groups in total. The molecular formula is C17H29N3O4+2. The van der Waals surface area contributed by atoms with Gasteiger partial charge in [-0.2, -0.15) is 0 Å². The number of anilines is 1. The molecule has 1 heterocycles. The Morgan fingerprint density at radius 3 is 2.42 bits per heavy atom. The fourth-order valence-electron chi connectivity index (χ4n) is 2.99. The van der Waals surface area contributed by atoms with Gasteiger partial charge >= 0.3 is 0 Å². The number of carbonyl (C=O) groups excluding carboxylic acids is 1. The van der Waals surface area contributed by atoms with Crippen LogP contribution in [0, 0.1) is 0 Å². The van der Waals surface area contributed by atoms with Crippen molar-refractivity contribution in [1.82, 2.24) is 0 Å². The Bertz CT molecular complexity index is 501. The predicted molar refractivity (Wildman–Crippen MR) is 90.5 cm³/mol. The van der Waals surface area contributed by atoms with Crippen molar-refractivity contribution in [2.24, 2.45) is 0 Å². The first-order valence-electron chi connectivity index (χ1n) is 8.53. The second kappa shape index (κ2) is 9.58. The third kappa shape index (κ3) is 6.45. The predicted octanol–water partition coefficient (Wildman–Crippen LogP) is -2.84. The minimum Gasteiger partial charge on any atom is -0.491 e. The molecule has 0 aliphatic carbocycles. The van der Waals surface area contributed by atoms with Crippen LogP contribution in [0.5, 0.6) is 5.75 Å². The fraction of sp³-hybridized carbons (Fsp3) is 0.588. The van der Waals surface area contributed by atoms with Crippen LogP contribution in [0.25, 0.3) is 0 Å². The van der Waals surface area contributed by atoms with Crippen molar-refractivity contribution in [3.63, 3.8) is 0 Å². The average Bonchev–Trinajstić information content (AvgIpc) is 2.56. The first-order chi connectivity index (χ1) is 11.6. The van der Waals surface area contributed by atoms with Gasteiger partial charge in [-0.3, -0.25) is 4.79 Å². The Balaban J connectivity index is 1.67. The molecule has 1 saturated heterocycles. The summed E-state index contributed by atoms with van der Waals surface area (Å²) in [4.78, 5) is 13.8. The molecule has 2 rings (SSSR count). The lowest BCUT2D eigenvalue weighted by atomic mass is 10.2. The van der Waals surface area contributed by atoms with Gasteiger partial charge in [0.25, 0.3) is 0 Å². The van der Waals surface area contributed by atoms with E-state index in [1.807, 2.05) is 0 Å². The summed E-state index contributed by atoms with van der Waals surface area (Å²) in [6.07, 6.45) is -0.505. The van der Waals surface area contributed by atoms with Gasteiger partial charge in [0, 0.05) is 12.6 Å². The van der Waals surface area contributed by atoms with E-state index in [4.69, 9.17) is 9.84 Å². The smallest absolute Gasteiger partial charge is 0.221 e. The van der Waals surface area contributed by atoms with Crippen molar-refractivity contribution >= 4 is 11.6 Å². The van der Waals surface area contributed by atoms with Gasteiger partial charge in [0.2, 0.25) is 5.91 Å². The molecule has 1 aliphatic rings. The third-order valence-corrected chi connectivity index (χ3v) is 4.27. The Labute approximate surface area is 142 Å². The van der Waals surface area contributed by atoms with Crippen LogP contribution in [0.2, 0.25) is 0 Å². The maximum absolute atomic E-state index is 11.0. The number of hydrogen-bond acceptors (Lipinski definition) is 4. The van der Waals surface area contributed by atoms with E-state index >= 15 is 0 Å². The zero-order chi connectivity index (χ0) is 17.4. The van der Waals surface area contributed by atoms with E-state index in [-0.39, 0.29) is 19.1 Å². The number of hydrogen-bond donors (Lipinski definition) is 5. The van der Waals surface area contributed by atoms with E-state index in [2.05, 4.69) is 5.32 Å². The van der Waals surface area contributed by atoms with Gasteiger partial charge < -0.3 is 30.1 Å². The molecule has 0 saturated carbocycles. The number of carbonyl (C=O) groups is 1. The minimum absolute atomic E-state index is 0.108.